The van der Waals surface area contributed by atoms with Crippen molar-refractivity contribution in [2.24, 2.45) is 0 Å². The molecule has 1 atom stereocenters. The summed E-state index contributed by atoms with van der Waals surface area (Å²) in [5, 5.41) is 3.28. The van der Waals surface area contributed by atoms with Crippen molar-refractivity contribution in [1.82, 2.24) is 5.32 Å². The smallest absolute Gasteiger partial charge is 0.332 e. The summed E-state index contributed by atoms with van der Waals surface area (Å²) in [5.41, 5.74) is 3.31. The predicted molar refractivity (Wildman–Crippen MR) is 92.7 cm³/mol. The van der Waals surface area contributed by atoms with Crippen LogP contribution in [0.4, 0.5) is 0 Å². The summed E-state index contributed by atoms with van der Waals surface area (Å²) in [7, 11) is 0. The minimum absolute atomic E-state index is 0.339. The highest BCUT2D eigenvalue weighted by atomic mass is 16.5. The van der Waals surface area contributed by atoms with Gasteiger partial charge < -0.3 is 4.74 Å². The van der Waals surface area contributed by atoms with Gasteiger partial charge in [0.2, 0.25) is 0 Å². The molecule has 1 unspecified atom stereocenters. The largest absolute Gasteiger partial charge is 0.431 e. The first-order valence-corrected chi connectivity index (χ1v) is 7.83. The van der Waals surface area contributed by atoms with E-state index in [1.807, 2.05) is 30.3 Å². The molecule has 1 N–H and O–H groups in total. The summed E-state index contributed by atoms with van der Waals surface area (Å²) in [4.78, 5) is 12.3. The van der Waals surface area contributed by atoms with E-state index in [9.17, 15) is 4.79 Å². The SMILES string of the molecule is C=C(C)OC(=O)C(NCc1ccc(CC)cc1)c1ccccc1. The molecule has 0 saturated heterocycles. The third-order valence-electron chi connectivity index (χ3n) is 3.58. The third kappa shape index (κ3) is 5.08. The molecule has 0 aliphatic heterocycles. The number of nitrogens with one attached hydrogen (secondary N) is 1. The van der Waals surface area contributed by atoms with E-state index in [1.54, 1.807) is 6.92 Å². The van der Waals surface area contributed by atoms with Gasteiger partial charge in [-0.2, -0.15) is 0 Å². The minimum Gasteiger partial charge on any atom is -0.431 e. The molecule has 0 amide bonds. The van der Waals surface area contributed by atoms with Gasteiger partial charge >= 0.3 is 5.97 Å². The lowest BCUT2D eigenvalue weighted by Crippen LogP contribution is -2.29. The van der Waals surface area contributed by atoms with E-state index in [4.69, 9.17) is 4.74 Å². The van der Waals surface area contributed by atoms with Crippen molar-refractivity contribution in [3.05, 3.63) is 83.6 Å². The first kappa shape index (κ1) is 17.0. The number of aryl methyl sites for hydroxylation is 1. The van der Waals surface area contributed by atoms with E-state index < -0.39 is 6.04 Å². The van der Waals surface area contributed by atoms with Crippen LogP contribution in [0.1, 0.15) is 36.6 Å². The normalized spacial score (nSPS) is 11.7. The van der Waals surface area contributed by atoms with Crippen LogP contribution >= 0.6 is 0 Å². The van der Waals surface area contributed by atoms with Crippen LogP contribution in [0.2, 0.25) is 0 Å². The number of rotatable bonds is 7. The molecule has 0 spiro atoms. The van der Waals surface area contributed by atoms with Crippen molar-refractivity contribution >= 4 is 5.97 Å². The quantitative estimate of drug-likeness (QED) is 0.616. The molecule has 2 rings (SSSR count). The molecule has 23 heavy (non-hydrogen) atoms. The number of benzene rings is 2. The van der Waals surface area contributed by atoms with Gasteiger partial charge in [0.15, 0.2) is 0 Å². The van der Waals surface area contributed by atoms with E-state index in [0.717, 1.165) is 17.5 Å². The highest BCUT2D eigenvalue weighted by Crippen LogP contribution is 2.17. The van der Waals surface area contributed by atoms with Crippen LogP contribution in [0.3, 0.4) is 0 Å². The van der Waals surface area contributed by atoms with Gasteiger partial charge in [0.1, 0.15) is 6.04 Å². The number of esters is 1. The molecule has 2 aromatic rings. The van der Waals surface area contributed by atoms with Crippen LogP contribution in [0, 0.1) is 0 Å². The predicted octanol–water partition coefficient (Wildman–Crippen LogP) is 4.16. The third-order valence-corrected chi connectivity index (χ3v) is 3.58. The van der Waals surface area contributed by atoms with Gasteiger partial charge in [0.05, 0.1) is 5.76 Å². The van der Waals surface area contributed by atoms with E-state index in [2.05, 4.69) is 43.1 Å². The number of ether oxygens (including phenoxy) is 1. The molecule has 0 aromatic heterocycles. The second kappa shape index (κ2) is 8.30. The Morgan fingerprint density at radius 3 is 2.26 bits per heavy atom. The molecule has 0 heterocycles. The first-order chi connectivity index (χ1) is 11.1. The second-order valence-corrected chi connectivity index (χ2v) is 5.52. The zero-order valence-electron chi connectivity index (χ0n) is 13.7. The molecule has 0 bridgehead atoms. The van der Waals surface area contributed by atoms with Crippen LogP contribution in [0.25, 0.3) is 0 Å². The lowest BCUT2D eigenvalue weighted by molar-refractivity contribution is -0.142. The molecule has 2 aromatic carbocycles. The molecular weight excluding hydrogens is 286 g/mol. The molecule has 0 radical (unpaired) electrons. The van der Waals surface area contributed by atoms with Gasteiger partial charge in [-0.3, -0.25) is 5.32 Å². The average molecular weight is 309 g/mol. The van der Waals surface area contributed by atoms with Crippen LogP contribution in [0.15, 0.2) is 66.9 Å². The first-order valence-electron chi connectivity index (χ1n) is 7.83. The lowest BCUT2D eigenvalue weighted by atomic mass is 10.1. The molecule has 0 fully saturated rings. The van der Waals surface area contributed by atoms with Crippen LogP contribution in [-0.4, -0.2) is 5.97 Å². The summed E-state index contributed by atoms with van der Waals surface area (Å²) in [6.45, 7) is 8.03. The molecule has 3 nitrogen and oxygen atoms in total. The maximum Gasteiger partial charge on any atom is 0.332 e. The fourth-order valence-electron chi connectivity index (χ4n) is 2.33. The van der Waals surface area contributed by atoms with Crippen molar-refractivity contribution < 1.29 is 9.53 Å². The zero-order valence-corrected chi connectivity index (χ0v) is 13.7. The Morgan fingerprint density at radius 1 is 1.09 bits per heavy atom. The highest BCUT2D eigenvalue weighted by Gasteiger charge is 2.21. The number of carbonyl (C=O) groups is 1. The van der Waals surface area contributed by atoms with Gasteiger partial charge in [-0.25, -0.2) is 4.79 Å². The number of hydrogen-bond donors (Lipinski definition) is 1. The molecule has 0 aliphatic rings. The maximum atomic E-state index is 12.3. The van der Waals surface area contributed by atoms with Crippen LogP contribution in [0.5, 0.6) is 0 Å². The fraction of sp³-hybridized carbons (Fsp3) is 0.250. The Morgan fingerprint density at radius 2 is 1.70 bits per heavy atom. The number of allylic oxidation sites excluding steroid dienone is 1. The Hall–Kier alpha value is -2.39. The zero-order chi connectivity index (χ0) is 16.7. The Balaban J connectivity index is 2.10. The van der Waals surface area contributed by atoms with Crippen LogP contribution in [-0.2, 0) is 22.5 Å². The molecule has 3 heteroatoms. The molecule has 120 valence electrons. The maximum absolute atomic E-state index is 12.3. The van der Waals surface area contributed by atoms with Gasteiger partial charge in [0.25, 0.3) is 0 Å². The number of hydrogen-bond acceptors (Lipinski definition) is 3. The van der Waals surface area contributed by atoms with Crippen molar-refractivity contribution in [3.63, 3.8) is 0 Å². The van der Waals surface area contributed by atoms with Crippen molar-refractivity contribution in [3.8, 4) is 0 Å². The van der Waals surface area contributed by atoms with Crippen molar-refractivity contribution in [2.45, 2.75) is 32.9 Å². The summed E-state index contributed by atoms with van der Waals surface area (Å²) in [6, 6.07) is 17.4. The summed E-state index contributed by atoms with van der Waals surface area (Å²) >= 11 is 0. The van der Waals surface area contributed by atoms with Gasteiger partial charge in [-0.1, -0.05) is 68.1 Å². The summed E-state index contributed by atoms with van der Waals surface area (Å²) in [5.74, 6) is 0.0545. The molecule has 0 saturated carbocycles. The van der Waals surface area contributed by atoms with E-state index in [1.165, 1.54) is 5.56 Å². The standard InChI is InChI=1S/C20H23NO2/c1-4-16-10-12-17(13-11-16)14-21-19(20(22)23-15(2)3)18-8-6-5-7-9-18/h5-13,19,21H,2,4,14H2,1,3H3. The van der Waals surface area contributed by atoms with Gasteiger partial charge in [-0.05, 0) is 30.0 Å². The Kier molecular flexibility index (Phi) is 6.12. The summed E-state index contributed by atoms with van der Waals surface area (Å²) < 4.78 is 5.20. The highest BCUT2D eigenvalue weighted by molar-refractivity contribution is 5.78. The van der Waals surface area contributed by atoms with Crippen molar-refractivity contribution in [1.29, 1.82) is 0 Å². The minimum atomic E-state index is -0.515. The van der Waals surface area contributed by atoms with E-state index in [-0.39, 0.29) is 5.97 Å². The second-order valence-electron chi connectivity index (χ2n) is 5.52. The molecule has 0 aliphatic carbocycles. The monoisotopic (exact) mass is 309 g/mol. The topological polar surface area (TPSA) is 38.3 Å². The Bertz CT molecular complexity index is 647. The van der Waals surface area contributed by atoms with E-state index in [0.29, 0.717) is 12.3 Å². The average Bonchev–Trinajstić information content (AvgIpc) is 2.56. The van der Waals surface area contributed by atoms with Crippen molar-refractivity contribution in [2.75, 3.05) is 0 Å². The fourth-order valence-corrected chi connectivity index (χ4v) is 2.33. The lowest BCUT2D eigenvalue weighted by Gasteiger charge is -2.18. The number of carbonyl (C=O) groups excluding carboxylic acids is 1. The molecular formula is C20H23NO2. The van der Waals surface area contributed by atoms with Gasteiger partial charge in [0, 0.05) is 6.54 Å². The van der Waals surface area contributed by atoms with E-state index >= 15 is 0 Å². The Labute approximate surface area is 138 Å². The van der Waals surface area contributed by atoms with Crippen LogP contribution < -0.4 is 5.32 Å². The summed E-state index contributed by atoms with van der Waals surface area (Å²) in [6.07, 6.45) is 1.02. The van der Waals surface area contributed by atoms with Gasteiger partial charge in [-0.15, -0.1) is 0 Å².